The molecule has 1 heteroatoms. The predicted octanol–water partition coefficient (Wildman–Crippen LogP) is 2.03. The molecule has 0 amide bonds. The van der Waals surface area contributed by atoms with Gasteiger partial charge >= 0.3 is 0 Å². The molecule has 0 aromatic rings. The fourth-order valence-electron chi connectivity index (χ4n) is 0. The molecule has 0 aromatic heterocycles. The van der Waals surface area contributed by atoms with E-state index in [1.54, 1.807) is 0 Å². The molecule has 0 rings (SSSR count). The summed E-state index contributed by atoms with van der Waals surface area (Å²) in [4.78, 5) is 9.06. The summed E-state index contributed by atoms with van der Waals surface area (Å²) in [7, 11) is 0. The lowest BCUT2D eigenvalue weighted by atomic mass is 10.3. The maximum atomic E-state index is 9.06. The van der Waals surface area contributed by atoms with Crippen LogP contribution >= 0.6 is 0 Å². The first kappa shape index (κ1) is 10.4. The Morgan fingerprint density at radius 3 is 1.50 bits per heavy atom. The first-order valence-corrected chi connectivity index (χ1v) is 2.71. The second-order valence-corrected chi connectivity index (χ2v) is 2.10. The minimum Gasteiger partial charge on any atom is -0.299 e. The molecular weight excluding hydrogens is 100 g/mol. The molecule has 0 fully saturated rings. The molecule has 1 nitrogen and oxygen atoms in total. The average molecular weight is 114 g/mol. The van der Waals surface area contributed by atoms with Crippen molar-refractivity contribution in [2.24, 2.45) is 5.92 Å². The zero-order valence-electron chi connectivity index (χ0n) is 5.85. The lowest BCUT2D eigenvalue weighted by molar-refractivity contribution is -0.104. The van der Waals surface area contributed by atoms with Crippen LogP contribution in [0.15, 0.2) is 12.7 Å². The maximum Gasteiger partial charge on any atom is 0.142 e. The van der Waals surface area contributed by atoms with Crippen LogP contribution in [0.5, 0.6) is 0 Å². The summed E-state index contributed by atoms with van der Waals surface area (Å²) >= 11 is 0. The molecule has 8 heavy (non-hydrogen) atoms. The highest BCUT2D eigenvalue weighted by Gasteiger charge is 1.68. The summed E-state index contributed by atoms with van der Waals surface area (Å²) in [5.41, 5.74) is 0. The fourth-order valence-corrected chi connectivity index (χ4v) is 0. The van der Waals surface area contributed by atoms with Gasteiger partial charge in [0.15, 0.2) is 0 Å². The van der Waals surface area contributed by atoms with Crippen molar-refractivity contribution in [1.29, 1.82) is 0 Å². The van der Waals surface area contributed by atoms with Crippen LogP contribution in [0.4, 0.5) is 0 Å². The Kier molecular flexibility index (Phi) is 12.5. The van der Waals surface area contributed by atoms with Crippen LogP contribution in [0.3, 0.4) is 0 Å². The highest BCUT2D eigenvalue weighted by atomic mass is 16.1. The van der Waals surface area contributed by atoms with E-state index in [0.717, 1.165) is 5.92 Å². The van der Waals surface area contributed by atoms with Gasteiger partial charge in [-0.05, 0) is 12.0 Å². The van der Waals surface area contributed by atoms with Gasteiger partial charge in [0, 0.05) is 0 Å². The number of carbonyl (C=O) groups is 1. The van der Waals surface area contributed by atoms with Crippen LogP contribution in [-0.2, 0) is 4.79 Å². The van der Waals surface area contributed by atoms with Crippen LogP contribution < -0.4 is 0 Å². The van der Waals surface area contributed by atoms with Crippen LogP contribution in [0.2, 0.25) is 0 Å². The monoisotopic (exact) mass is 114 g/mol. The van der Waals surface area contributed by atoms with Crippen molar-refractivity contribution in [3.63, 3.8) is 0 Å². The second-order valence-electron chi connectivity index (χ2n) is 2.10. The van der Waals surface area contributed by atoms with Crippen molar-refractivity contribution in [2.75, 3.05) is 0 Å². The lowest BCUT2D eigenvalue weighted by Gasteiger charge is -1.79. The lowest BCUT2D eigenvalue weighted by Crippen LogP contribution is -1.66. The van der Waals surface area contributed by atoms with Gasteiger partial charge in [0.1, 0.15) is 6.29 Å². The number of carbonyl (C=O) groups excluding carboxylic acids is 1. The summed E-state index contributed by atoms with van der Waals surface area (Å²) in [5.74, 6) is 0.833. The van der Waals surface area contributed by atoms with Gasteiger partial charge in [-0.3, -0.25) is 4.79 Å². The van der Waals surface area contributed by atoms with Gasteiger partial charge in [-0.2, -0.15) is 0 Å². The molecule has 0 aromatic carbocycles. The molecule has 0 atom stereocenters. The molecule has 0 heterocycles. The SMILES string of the molecule is C=CC=O.CC(C)C. The normalized spacial score (nSPS) is 7.00. The molecule has 0 radical (unpaired) electrons. The molecule has 0 aliphatic heterocycles. The molecule has 0 bridgehead atoms. The summed E-state index contributed by atoms with van der Waals surface area (Å²) in [6.45, 7) is 9.61. The van der Waals surface area contributed by atoms with E-state index in [2.05, 4.69) is 27.4 Å². The summed E-state index contributed by atoms with van der Waals surface area (Å²) in [6.07, 6.45) is 1.83. The number of rotatable bonds is 1. The summed E-state index contributed by atoms with van der Waals surface area (Å²) in [6, 6.07) is 0. The van der Waals surface area contributed by atoms with Gasteiger partial charge in [0.2, 0.25) is 0 Å². The van der Waals surface area contributed by atoms with Crippen molar-refractivity contribution in [3.8, 4) is 0 Å². The van der Waals surface area contributed by atoms with Crippen molar-refractivity contribution in [1.82, 2.24) is 0 Å². The maximum absolute atomic E-state index is 9.06. The Hall–Kier alpha value is -0.590. The molecule has 0 aliphatic carbocycles. The van der Waals surface area contributed by atoms with E-state index in [1.807, 2.05) is 0 Å². The van der Waals surface area contributed by atoms with E-state index in [0.29, 0.717) is 6.29 Å². The van der Waals surface area contributed by atoms with E-state index in [4.69, 9.17) is 4.79 Å². The third kappa shape index (κ3) is 626. The Bertz CT molecular complexity index is 46.7. The number of allylic oxidation sites excluding steroid dienone is 1. The van der Waals surface area contributed by atoms with E-state index in [1.165, 1.54) is 6.08 Å². The Morgan fingerprint density at radius 1 is 1.38 bits per heavy atom. The van der Waals surface area contributed by atoms with Crippen molar-refractivity contribution < 1.29 is 4.79 Å². The van der Waals surface area contributed by atoms with Crippen molar-refractivity contribution >= 4 is 6.29 Å². The number of hydrogen-bond donors (Lipinski definition) is 0. The van der Waals surface area contributed by atoms with Crippen LogP contribution in [0.25, 0.3) is 0 Å². The molecule has 0 unspecified atom stereocenters. The molecule has 0 saturated carbocycles. The van der Waals surface area contributed by atoms with E-state index < -0.39 is 0 Å². The van der Waals surface area contributed by atoms with E-state index in [-0.39, 0.29) is 0 Å². The average Bonchev–Trinajstić information content (AvgIpc) is 1.65. The Labute approximate surface area is 51.4 Å². The van der Waals surface area contributed by atoms with Gasteiger partial charge in [-0.1, -0.05) is 27.4 Å². The van der Waals surface area contributed by atoms with Crippen molar-refractivity contribution in [3.05, 3.63) is 12.7 Å². The first-order chi connectivity index (χ1) is 3.65. The number of aldehydes is 1. The van der Waals surface area contributed by atoms with Gasteiger partial charge in [-0.25, -0.2) is 0 Å². The molecule has 48 valence electrons. The summed E-state index contributed by atoms with van der Waals surface area (Å²) in [5, 5.41) is 0. The Balaban J connectivity index is 0. The molecule has 0 saturated heterocycles. The number of hydrogen-bond acceptors (Lipinski definition) is 1. The quantitative estimate of drug-likeness (QED) is 0.376. The molecule has 0 N–H and O–H groups in total. The highest BCUT2D eigenvalue weighted by molar-refractivity contribution is 5.63. The largest absolute Gasteiger partial charge is 0.299 e. The summed E-state index contributed by atoms with van der Waals surface area (Å²) < 4.78 is 0. The van der Waals surface area contributed by atoms with Gasteiger partial charge in [-0.15, -0.1) is 0 Å². The highest BCUT2D eigenvalue weighted by Crippen LogP contribution is 1.81. The zero-order chi connectivity index (χ0) is 6.99. The zero-order valence-corrected chi connectivity index (χ0v) is 5.85. The topological polar surface area (TPSA) is 17.1 Å². The third-order valence-corrected chi connectivity index (χ3v) is 0.0962. The predicted molar refractivity (Wildman–Crippen MR) is 36.8 cm³/mol. The van der Waals surface area contributed by atoms with Crippen LogP contribution in [-0.4, -0.2) is 6.29 Å². The molecule has 0 aliphatic rings. The fraction of sp³-hybridized carbons (Fsp3) is 0.571. The first-order valence-electron chi connectivity index (χ1n) is 2.71. The third-order valence-electron chi connectivity index (χ3n) is 0.0962. The molecule has 0 spiro atoms. The van der Waals surface area contributed by atoms with Crippen LogP contribution in [0, 0.1) is 5.92 Å². The van der Waals surface area contributed by atoms with E-state index in [9.17, 15) is 0 Å². The van der Waals surface area contributed by atoms with E-state index >= 15 is 0 Å². The standard InChI is InChI=1S/C4H10.C3H4O/c1-4(2)3;1-2-3-4/h4H,1-3H3;2-3H,1H2. The molecular formula is C7H14O. The second kappa shape index (κ2) is 9.65. The minimum absolute atomic E-state index is 0.639. The van der Waals surface area contributed by atoms with Gasteiger partial charge < -0.3 is 0 Å². The van der Waals surface area contributed by atoms with Crippen LogP contribution in [0.1, 0.15) is 20.8 Å². The van der Waals surface area contributed by atoms with Gasteiger partial charge in [0.05, 0.1) is 0 Å². The Morgan fingerprint density at radius 2 is 1.50 bits per heavy atom. The van der Waals surface area contributed by atoms with Gasteiger partial charge in [0.25, 0.3) is 0 Å². The smallest absolute Gasteiger partial charge is 0.142 e. The minimum atomic E-state index is 0.639. The van der Waals surface area contributed by atoms with Crippen molar-refractivity contribution in [2.45, 2.75) is 20.8 Å².